The number of rotatable bonds is 16. The molecule has 1 N–H and O–H groups in total. The first kappa shape index (κ1) is 23.6. The molecule has 0 radical (unpaired) electrons. The van der Waals surface area contributed by atoms with Gasteiger partial charge < -0.3 is 5.11 Å². The van der Waals surface area contributed by atoms with Gasteiger partial charge in [0.2, 0.25) is 0 Å². The third-order valence-electron chi connectivity index (χ3n) is 5.76. The molecular formula is C25H40OS2. The Morgan fingerprint density at radius 3 is 1.86 bits per heavy atom. The number of thiophene rings is 2. The lowest BCUT2D eigenvalue weighted by atomic mass is 9.90. The Morgan fingerprint density at radius 1 is 0.750 bits per heavy atom. The van der Waals surface area contributed by atoms with E-state index in [2.05, 4.69) is 35.9 Å². The fourth-order valence-corrected chi connectivity index (χ4v) is 5.86. The van der Waals surface area contributed by atoms with Crippen molar-refractivity contribution < 1.29 is 5.11 Å². The van der Waals surface area contributed by atoms with Crippen molar-refractivity contribution in [2.24, 2.45) is 0 Å². The molecule has 0 aromatic carbocycles. The van der Waals surface area contributed by atoms with Crippen LogP contribution >= 0.6 is 22.7 Å². The van der Waals surface area contributed by atoms with Crippen LogP contribution in [0.4, 0.5) is 0 Å². The third-order valence-corrected chi connectivity index (χ3v) is 7.72. The zero-order valence-corrected chi connectivity index (χ0v) is 19.7. The van der Waals surface area contributed by atoms with Crippen LogP contribution in [0.5, 0.6) is 0 Å². The number of hydrogen-bond acceptors (Lipinski definition) is 3. The third kappa shape index (κ3) is 8.39. The predicted molar refractivity (Wildman–Crippen MR) is 128 cm³/mol. The average molecular weight is 421 g/mol. The molecule has 2 aromatic heterocycles. The van der Waals surface area contributed by atoms with E-state index in [0.717, 1.165) is 18.4 Å². The maximum atomic E-state index is 11.0. The van der Waals surface area contributed by atoms with Gasteiger partial charge in [-0.1, -0.05) is 96.5 Å². The molecule has 2 rings (SSSR count). The lowest BCUT2D eigenvalue weighted by molar-refractivity contribution is 0.0458. The minimum absolute atomic E-state index is 0.711. The van der Waals surface area contributed by atoms with E-state index >= 15 is 0 Å². The van der Waals surface area contributed by atoms with Crippen LogP contribution in [0.15, 0.2) is 29.0 Å². The zero-order chi connectivity index (χ0) is 20.1. The monoisotopic (exact) mass is 420 g/mol. The fraction of sp³-hybridized carbons (Fsp3) is 0.680. The van der Waals surface area contributed by atoms with Crippen molar-refractivity contribution in [1.29, 1.82) is 0 Å². The topological polar surface area (TPSA) is 20.2 Å². The number of aliphatic hydroxyl groups is 1. The SMILES string of the molecule is CCCCCCCCCCCCCCCC(C)(O)c1ccsc1-c1cccs1. The second kappa shape index (κ2) is 13.6. The van der Waals surface area contributed by atoms with E-state index in [1.54, 1.807) is 22.7 Å². The van der Waals surface area contributed by atoms with Crippen molar-refractivity contribution in [3.8, 4) is 9.75 Å². The second-order valence-electron chi connectivity index (χ2n) is 8.41. The molecular weight excluding hydrogens is 380 g/mol. The van der Waals surface area contributed by atoms with Crippen LogP contribution in [0.1, 0.15) is 109 Å². The predicted octanol–water partition coefficient (Wildman–Crippen LogP) is 9.17. The highest BCUT2D eigenvalue weighted by atomic mass is 32.1. The van der Waals surface area contributed by atoms with Crippen LogP contribution in [-0.4, -0.2) is 5.11 Å². The van der Waals surface area contributed by atoms with E-state index < -0.39 is 5.60 Å². The van der Waals surface area contributed by atoms with Gasteiger partial charge in [-0.05, 0) is 36.2 Å². The smallest absolute Gasteiger partial charge is 0.0882 e. The number of unbranched alkanes of at least 4 members (excludes halogenated alkanes) is 12. The van der Waals surface area contributed by atoms with Gasteiger partial charge in [0, 0.05) is 10.4 Å². The van der Waals surface area contributed by atoms with Gasteiger partial charge in [0.25, 0.3) is 0 Å². The van der Waals surface area contributed by atoms with Gasteiger partial charge in [-0.15, -0.1) is 22.7 Å². The fourth-order valence-electron chi connectivity index (χ4n) is 3.95. The Bertz CT molecular complexity index is 612. The van der Waals surface area contributed by atoms with E-state index in [1.807, 2.05) is 6.92 Å². The Morgan fingerprint density at radius 2 is 1.32 bits per heavy atom. The van der Waals surface area contributed by atoms with Crippen molar-refractivity contribution in [3.05, 3.63) is 34.5 Å². The lowest BCUT2D eigenvalue weighted by Gasteiger charge is -2.24. The summed E-state index contributed by atoms with van der Waals surface area (Å²) < 4.78 is 0. The molecule has 2 heterocycles. The van der Waals surface area contributed by atoms with Crippen LogP contribution in [0.3, 0.4) is 0 Å². The van der Waals surface area contributed by atoms with Crippen molar-refractivity contribution in [2.75, 3.05) is 0 Å². The van der Waals surface area contributed by atoms with Gasteiger partial charge in [0.05, 0.1) is 10.5 Å². The summed E-state index contributed by atoms with van der Waals surface area (Å²) in [7, 11) is 0. The summed E-state index contributed by atoms with van der Waals surface area (Å²) in [4.78, 5) is 2.52. The molecule has 1 unspecified atom stereocenters. The van der Waals surface area contributed by atoms with Crippen molar-refractivity contribution in [2.45, 2.75) is 109 Å². The summed E-state index contributed by atoms with van der Waals surface area (Å²) in [6.07, 6.45) is 18.6. The summed E-state index contributed by atoms with van der Waals surface area (Å²) in [5.74, 6) is 0. The summed E-state index contributed by atoms with van der Waals surface area (Å²) >= 11 is 3.50. The van der Waals surface area contributed by atoms with Crippen molar-refractivity contribution in [3.63, 3.8) is 0 Å². The minimum Gasteiger partial charge on any atom is -0.385 e. The molecule has 1 nitrogen and oxygen atoms in total. The summed E-state index contributed by atoms with van der Waals surface area (Å²) in [5, 5.41) is 15.3. The quantitative estimate of drug-likeness (QED) is 0.268. The molecule has 0 saturated heterocycles. The summed E-state index contributed by atoms with van der Waals surface area (Å²) in [6.45, 7) is 4.28. The summed E-state index contributed by atoms with van der Waals surface area (Å²) in [6, 6.07) is 6.36. The van der Waals surface area contributed by atoms with Gasteiger partial charge in [-0.3, -0.25) is 0 Å². The molecule has 0 bridgehead atoms. The molecule has 2 aromatic rings. The first-order valence-electron chi connectivity index (χ1n) is 11.5. The molecule has 0 aliphatic carbocycles. The van der Waals surface area contributed by atoms with E-state index in [0.29, 0.717) is 0 Å². The maximum absolute atomic E-state index is 11.0. The van der Waals surface area contributed by atoms with Crippen molar-refractivity contribution in [1.82, 2.24) is 0 Å². The molecule has 28 heavy (non-hydrogen) atoms. The molecule has 3 heteroatoms. The van der Waals surface area contributed by atoms with Gasteiger partial charge in [-0.2, -0.15) is 0 Å². The maximum Gasteiger partial charge on any atom is 0.0882 e. The Balaban J connectivity index is 1.53. The van der Waals surface area contributed by atoms with E-state index in [9.17, 15) is 5.11 Å². The minimum atomic E-state index is -0.711. The van der Waals surface area contributed by atoms with Crippen LogP contribution < -0.4 is 0 Å². The molecule has 0 aliphatic rings. The Hall–Kier alpha value is -0.640. The van der Waals surface area contributed by atoms with Crippen LogP contribution in [-0.2, 0) is 5.60 Å². The van der Waals surface area contributed by atoms with E-state index in [1.165, 1.54) is 86.8 Å². The molecule has 0 spiro atoms. The highest BCUT2D eigenvalue weighted by molar-refractivity contribution is 7.20. The van der Waals surface area contributed by atoms with E-state index in [-0.39, 0.29) is 0 Å². The number of hydrogen-bond donors (Lipinski definition) is 1. The first-order valence-corrected chi connectivity index (χ1v) is 13.3. The molecule has 0 fully saturated rings. The molecule has 0 saturated carbocycles. The lowest BCUT2D eigenvalue weighted by Crippen LogP contribution is -2.20. The largest absolute Gasteiger partial charge is 0.385 e. The Kier molecular flexibility index (Phi) is 11.4. The van der Waals surface area contributed by atoms with Crippen LogP contribution in [0, 0.1) is 0 Å². The molecule has 0 amide bonds. The van der Waals surface area contributed by atoms with Crippen molar-refractivity contribution >= 4 is 22.7 Å². The molecule has 1 atom stereocenters. The zero-order valence-electron chi connectivity index (χ0n) is 18.0. The Labute approximate surface area is 181 Å². The van der Waals surface area contributed by atoms with Gasteiger partial charge >= 0.3 is 0 Å². The highest BCUT2D eigenvalue weighted by Crippen LogP contribution is 2.40. The van der Waals surface area contributed by atoms with Gasteiger partial charge in [0.1, 0.15) is 0 Å². The standard InChI is InChI=1S/C25H40OS2/c1-3-4-5-6-7-8-9-10-11-12-13-14-15-19-25(2,26)22-18-21-28-24(22)23-17-16-20-27-23/h16-18,20-21,26H,3-15,19H2,1-2H3. The second-order valence-corrected chi connectivity index (χ2v) is 10.3. The first-order chi connectivity index (χ1) is 13.6. The van der Waals surface area contributed by atoms with Gasteiger partial charge in [-0.25, -0.2) is 0 Å². The molecule has 0 aliphatic heterocycles. The highest BCUT2D eigenvalue weighted by Gasteiger charge is 2.27. The molecule has 158 valence electrons. The average Bonchev–Trinajstić information content (AvgIpc) is 3.36. The van der Waals surface area contributed by atoms with Gasteiger partial charge in [0.15, 0.2) is 0 Å². The summed E-state index contributed by atoms with van der Waals surface area (Å²) in [5.41, 5.74) is 0.399. The van der Waals surface area contributed by atoms with Crippen LogP contribution in [0.2, 0.25) is 0 Å². The normalized spacial score (nSPS) is 13.7. The van der Waals surface area contributed by atoms with Crippen LogP contribution in [0.25, 0.3) is 9.75 Å². The van der Waals surface area contributed by atoms with E-state index in [4.69, 9.17) is 0 Å².